The molecule has 1 aliphatic rings. The van der Waals surface area contributed by atoms with Gasteiger partial charge in [-0.25, -0.2) is 0 Å². The maximum Gasteiger partial charge on any atom is 0.245 e. The summed E-state index contributed by atoms with van der Waals surface area (Å²) >= 11 is 0. The molecule has 152 valence electrons. The van der Waals surface area contributed by atoms with E-state index in [9.17, 15) is 10.1 Å². The third-order valence-corrected chi connectivity index (χ3v) is 6.09. The van der Waals surface area contributed by atoms with Crippen LogP contribution in [0.5, 0.6) is 0 Å². The van der Waals surface area contributed by atoms with Crippen molar-refractivity contribution in [2.45, 2.75) is 19.3 Å². The first kappa shape index (κ1) is 19.1. The SMILES string of the molecule is N#Cc1ccc(N2CCCCN2C(=O)Cc2cccc3ccccc23)c2ccccc12. The lowest BCUT2D eigenvalue weighted by Crippen LogP contribution is -2.51. The maximum absolute atomic E-state index is 13.5. The van der Waals surface area contributed by atoms with Crippen LogP contribution in [0.3, 0.4) is 0 Å². The van der Waals surface area contributed by atoms with Crippen molar-refractivity contribution in [3.63, 3.8) is 0 Å². The third-order valence-electron chi connectivity index (χ3n) is 6.09. The molecule has 1 fully saturated rings. The molecule has 1 heterocycles. The Bertz CT molecular complexity index is 1320. The predicted molar refractivity (Wildman–Crippen MR) is 125 cm³/mol. The van der Waals surface area contributed by atoms with Crippen LogP contribution in [0.25, 0.3) is 21.5 Å². The average molecular weight is 406 g/mol. The summed E-state index contributed by atoms with van der Waals surface area (Å²) in [6.07, 6.45) is 2.39. The fourth-order valence-corrected chi connectivity index (χ4v) is 4.58. The van der Waals surface area contributed by atoms with Gasteiger partial charge in [-0.2, -0.15) is 5.26 Å². The van der Waals surface area contributed by atoms with Gasteiger partial charge < -0.3 is 0 Å². The summed E-state index contributed by atoms with van der Waals surface area (Å²) < 4.78 is 0. The fraction of sp³-hybridized carbons (Fsp3) is 0.185. The molecule has 0 unspecified atom stereocenters. The second-order valence-electron chi connectivity index (χ2n) is 7.95. The second kappa shape index (κ2) is 8.12. The van der Waals surface area contributed by atoms with Crippen molar-refractivity contribution in [3.8, 4) is 6.07 Å². The first-order valence-electron chi connectivity index (χ1n) is 10.7. The minimum Gasteiger partial charge on any atom is -0.282 e. The Labute approximate surface area is 181 Å². The molecule has 4 aromatic rings. The number of carbonyl (C=O) groups is 1. The van der Waals surface area contributed by atoms with Crippen LogP contribution in [0.2, 0.25) is 0 Å². The van der Waals surface area contributed by atoms with Crippen molar-refractivity contribution < 1.29 is 4.79 Å². The van der Waals surface area contributed by atoms with Gasteiger partial charge >= 0.3 is 0 Å². The van der Waals surface area contributed by atoms with Crippen molar-refractivity contribution in [3.05, 3.63) is 90.0 Å². The molecule has 5 rings (SSSR count). The topological polar surface area (TPSA) is 47.3 Å². The lowest BCUT2D eigenvalue weighted by molar-refractivity contribution is -0.131. The van der Waals surface area contributed by atoms with Gasteiger partial charge in [-0.05, 0) is 41.3 Å². The molecule has 1 saturated heterocycles. The van der Waals surface area contributed by atoms with Crippen LogP contribution in [-0.4, -0.2) is 24.0 Å². The molecule has 0 radical (unpaired) electrons. The molecule has 0 spiro atoms. The molecule has 0 aliphatic carbocycles. The van der Waals surface area contributed by atoms with Crippen molar-refractivity contribution in [1.82, 2.24) is 5.01 Å². The molecule has 0 saturated carbocycles. The van der Waals surface area contributed by atoms with Gasteiger partial charge in [0.25, 0.3) is 0 Å². The monoisotopic (exact) mass is 405 g/mol. The molecule has 4 nitrogen and oxygen atoms in total. The number of amides is 1. The van der Waals surface area contributed by atoms with Crippen LogP contribution in [0.1, 0.15) is 24.0 Å². The fourth-order valence-electron chi connectivity index (χ4n) is 4.58. The molecule has 4 heteroatoms. The number of benzene rings is 4. The Morgan fingerprint density at radius 3 is 2.35 bits per heavy atom. The van der Waals surface area contributed by atoms with E-state index in [1.54, 1.807) is 0 Å². The zero-order valence-corrected chi connectivity index (χ0v) is 17.3. The van der Waals surface area contributed by atoms with Gasteiger partial charge in [0.05, 0.1) is 23.7 Å². The molecular formula is C27H23N3O. The summed E-state index contributed by atoms with van der Waals surface area (Å²) in [6.45, 7) is 1.50. The number of fused-ring (bicyclic) bond motifs is 2. The van der Waals surface area contributed by atoms with Crippen LogP contribution in [0, 0.1) is 11.3 Å². The zero-order chi connectivity index (χ0) is 21.2. The van der Waals surface area contributed by atoms with E-state index < -0.39 is 0 Å². The molecule has 31 heavy (non-hydrogen) atoms. The molecule has 4 aromatic carbocycles. The summed E-state index contributed by atoms with van der Waals surface area (Å²) in [7, 11) is 0. The molecule has 0 bridgehead atoms. The minimum absolute atomic E-state index is 0.101. The van der Waals surface area contributed by atoms with Gasteiger partial charge in [0.1, 0.15) is 0 Å². The molecule has 1 amide bonds. The van der Waals surface area contributed by atoms with Crippen LogP contribution >= 0.6 is 0 Å². The summed E-state index contributed by atoms with van der Waals surface area (Å²) in [5.74, 6) is 0.101. The summed E-state index contributed by atoms with van der Waals surface area (Å²) in [6, 6.07) is 28.4. The third kappa shape index (κ3) is 3.49. The normalized spacial score (nSPS) is 14.0. The molecule has 1 aliphatic heterocycles. The highest BCUT2D eigenvalue weighted by atomic mass is 16.2. The number of anilines is 1. The van der Waals surface area contributed by atoms with Gasteiger partial charge in [-0.15, -0.1) is 0 Å². The molecular weight excluding hydrogens is 382 g/mol. The van der Waals surface area contributed by atoms with Crippen molar-refractivity contribution in [1.29, 1.82) is 5.26 Å². The predicted octanol–water partition coefficient (Wildman–Crippen LogP) is 5.45. The Kier molecular flexibility index (Phi) is 5.01. The number of rotatable bonds is 3. The number of nitrogens with zero attached hydrogens (tertiary/aromatic N) is 3. The average Bonchev–Trinajstić information content (AvgIpc) is 2.83. The number of hydrogen-bond donors (Lipinski definition) is 0. The van der Waals surface area contributed by atoms with Crippen LogP contribution < -0.4 is 5.01 Å². The van der Waals surface area contributed by atoms with Crippen LogP contribution in [0.4, 0.5) is 5.69 Å². The lowest BCUT2D eigenvalue weighted by Gasteiger charge is -2.41. The number of carbonyl (C=O) groups excluding carboxylic acids is 1. The quantitative estimate of drug-likeness (QED) is 0.455. The van der Waals surface area contributed by atoms with Gasteiger partial charge in [-0.3, -0.25) is 14.8 Å². The van der Waals surface area contributed by atoms with E-state index in [1.807, 2.05) is 65.7 Å². The largest absolute Gasteiger partial charge is 0.282 e. The van der Waals surface area contributed by atoms with Gasteiger partial charge in [0.2, 0.25) is 5.91 Å². The lowest BCUT2D eigenvalue weighted by atomic mass is 10.0. The second-order valence-corrected chi connectivity index (χ2v) is 7.95. The van der Waals surface area contributed by atoms with E-state index in [1.165, 1.54) is 0 Å². The van der Waals surface area contributed by atoms with E-state index in [2.05, 4.69) is 29.3 Å². The molecule has 0 aromatic heterocycles. The standard InChI is InChI=1S/C27H23N3O/c28-19-22-14-15-26(25-13-4-3-12-24(22)25)29-16-5-6-17-30(29)27(31)18-21-10-7-9-20-8-1-2-11-23(20)21/h1-4,7-15H,5-6,16-18H2. The summed E-state index contributed by atoms with van der Waals surface area (Å²) in [5, 5.41) is 17.7. The highest BCUT2D eigenvalue weighted by Crippen LogP contribution is 2.32. The van der Waals surface area contributed by atoms with E-state index >= 15 is 0 Å². The number of nitriles is 1. The number of hydrogen-bond acceptors (Lipinski definition) is 3. The summed E-state index contributed by atoms with van der Waals surface area (Å²) in [4.78, 5) is 13.5. The Hall–Kier alpha value is -3.84. The highest BCUT2D eigenvalue weighted by molar-refractivity contribution is 5.99. The van der Waals surface area contributed by atoms with Gasteiger partial charge in [0.15, 0.2) is 0 Å². The van der Waals surface area contributed by atoms with E-state index in [4.69, 9.17) is 0 Å². The number of hydrazine groups is 1. The van der Waals surface area contributed by atoms with E-state index in [0.29, 0.717) is 18.5 Å². The minimum atomic E-state index is 0.101. The Morgan fingerprint density at radius 1 is 0.806 bits per heavy atom. The van der Waals surface area contributed by atoms with E-state index in [-0.39, 0.29) is 5.91 Å². The Morgan fingerprint density at radius 2 is 1.52 bits per heavy atom. The van der Waals surface area contributed by atoms with Crippen molar-refractivity contribution >= 4 is 33.1 Å². The van der Waals surface area contributed by atoms with Crippen LogP contribution in [-0.2, 0) is 11.2 Å². The van der Waals surface area contributed by atoms with E-state index in [0.717, 1.165) is 52.2 Å². The van der Waals surface area contributed by atoms with Crippen LogP contribution in [0.15, 0.2) is 78.9 Å². The highest BCUT2D eigenvalue weighted by Gasteiger charge is 2.27. The first-order chi connectivity index (χ1) is 15.3. The molecule has 0 N–H and O–H groups in total. The maximum atomic E-state index is 13.5. The summed E-state index contributed by atoms with van der Waals surface area (Å²) in [5.41, 5.74) is 2.70. The van der Waals surface area contributed by atoms with Crippen molar-refractivity contribution in [2.24, 2.45) is 0 Å². The zero-order valence-electron chi connectivity index (χ0n) is 17.3. The first-order valence-corrected chi connectivity index (χ1v) is 10.7. The van der Waals surface area contributed by atoms with Gasteiger partial charge in [-0.1, -0.05) is 66.7 Å². The molecule has 0 atom stereocenters. The Balaban J connectivity index is 1.51. The van der Waals surface area contributed by atoms with Crippen molar-refractivity contribution in [2.75, 3.05) is 18.1 Å². The smallest absolute Gasteiger partial charge is 0.245 e. The van der Waals surface area contributed by atoms with Gasteiger partial charge in [0, 0.05) is 23.9 Å².